The molecule has 0 aliphatic heterocycles. The number of ketones is 1. The molecule has 0 heterocycles. The van der Waals surface area contributed by atoms with Crippen LogP contribution >= 0.6 is 0 Å². The van der Waals surface area contributed by atoms with E-state index in [4.69, 9.17) is 0 Å². The molecule has 3 nitrogen and oxygen atoms in total. The molecule has 0 spiro atoms. The Kier molecular flexibility index (Phi) is 4.67. The molecular weight excluding hydrogens is 168 g/mol. The van der Waals surface area contributed by atoms with Crippen molar-refractivity contribution in [1.29, 1.82) is 0 Å². The standard InChI is InChI=1S/C10H18O3/c1-5-8(11)6-7-10(2,3)9(12)13-4/h5-7H2,1-4H3. The van der Waals surface area contributed by atoms with E-state index in [1.165, 1.54) is 7.11 Å². The Bertz CT molecular complexity index is 194. The van der Waals surface area contributed by atoms with Crippen LogP contribution in [0.2, 0.25) is 0 Å². The molecule has 0 N–H and O–H groups in total. The molecule has 0 rings (SSSR count). The molecule has 0 aliphatic rings. The minimum absolute atomic E-state index is 0.192. The molecule has 76 valence electrons. The Labute approximate surface area is 79.5 Å². The zero-order valence-electron chi connectivity index (χ0n) is 8.85. The van der Waals surface area contributed by atoms with Gasteiger partial charge in [0.2, 0.25) is 0 Å². The lowest BCUT2D eigenvalue weighted by atomic mass is 9.87. The normalized spacial score (nSPS) is 11.1. The van der Waals surface area contributed by atoms with Gasteiger partial charge >= 0.3 is 5.97 Å². The highest BCUT2D eigenvalue weighted by atomic mass is 16.5. The highest BCUT2D eigenvalue weighted by Crippen LogP contribution is 2.24. The lowest BCUT2D eigenvalue weighted by molar-refractivity contribution is -0.151. The van der Waals surface area contributed by atoms with Crippen LogP contribution in [0.3, 0.4) is 0 Å². The summed E-state index contributed by atoms with van der Waals surface area (Å²) in [6, 6.07) is 0. The first-order valence-electron chi connectivity index (χ1n) is 4.54. The number of esters is 1. The van der Waals surface area contributed by atoms with Crippen LogP contribution in [0.4, 0.5) is 0 Å². The molecule has 0 bridgehead atoms. The van der Waals surface area contributed by atoms with Crippen molar-refractivity contribution in [3.63, 3.8) is 0 Å². The Morgan fingerprint density at radius 1 is 1.31 bits per heavy atom. The predicted molar refractivity (Wildman–Crippen MR) is 50.3 cm³/mol. The number of hydrogen-bond donors (Lipinski definition) is 0. The van der Waals surface area contributed by atoms with Gasteiger partial charge in [-0.25, -0.2) is 0 Å². The average molecular weight is 186 g/mol. The van der Waals surface area contributed by atoms with Gasteiger partial charge in [-0.1, -0.05) is 6.92 Å². The van der Waals surface area contributed by atoms with E-state index < -0.39 is 5.41 Å². The van der Waals surface area contributed by atoms with Gasteiger partial charge in [-0.2, -0.15) is 0 Å². The Morgan fingerprint density at radius 2 is 1.85 bits per heavy atom. The monoisotopic (exact) mass is 186 g/mol. The van der Waals surface area contributed by atoms with Crippen LogP contribution in [0.15, 0.2) is 0 Å². The SMILES string of the molecule is CCC(=O)CCC(C)(C)C(=O)OC. The van der Waals surface area contributed by atoms with E-state index in [0.717, 1.165) is 0 Å². The van der Waals surface area contributed by atoms with Crippen LogP contribution in [-0.4, -0.2) is 18.9 Å². The average Bonchev–Trinajstić information content (AvgIpc) is 2.12. The molecule has 3 heteroatoms. The molecule has 0 aromatic rings. The summed E-state index contributed by atoms with van der Waals surface area (Å²) in [6.45, 7) is 5.41. The summed E-state index contributed by atoms with van der Waals surface area (Å²) < 4.78 is 4.63. The van der Waals surface area contributed by atoms with E-state index in [-0.39, 0.29) is 11.8 Å². The fourth-order valence-electron chi connectivity index (χ4n) is 1.01. The third-order valence-corrected chi connectivity index (χ3v) is 2.16. The summed E-state index contributed by atoms with van der Waals surface area (Å²) in [5.41, 5.74) is -0.542. The maximum atomic E-state index is 11.2. The van der Waals surface area contributed by atoms with Crippen molar-refractivity contribution in [2.45, 2.75) is 40.0 Å². The molecule has 0 unspecified atom stereocenters. The van der Waals surface area contributed by atoms with E-state index in [1.807, 2.05) is 6.92 Å². The highest BCUT2D eigenvalue weighted by molar-refractivity contribution is 5.80. The molecule has 0 aromatic heterocycles. The minimum Gasteiger partial charge on any atom is -0.469 e. The van der Waals surface area contributed by atoms with Crippen molar-refractivity contribution in [2.75, 3.05) is 7.11 Å². The van der Waals surface area contributed by atoms with Crippen molar-refractivity contribution in [3.8, 4) is 0 Å². The molecule has 0 amide bonds. The molecule has 0 saturated heterocycles. The third kappa shape index (κ3) is 4.06. The maximum Gasteiger partial charge on any atom is 0.311 e. The van der Waals surface area contributed by atoms with Crippen molar-refractivity contribution in [3.05, 3.63) is 0 Å². The van der Waals surface area contributed by atoms with E-state index in [1.54, 1.807) is 13.8 Å². The molecule has 0 atom stereocenters. The van der Waals surface area contributed by atoms with Crippen LogP contribution in [0.25, 0.3) is 0 Å². The van der Waals surface area contributed by atoms with Crippen LogP contribution < -0.4 is 0 Å². The van der Waals surface area contributed by atoms with Gasteiger partial charge in [0.05, 0.1) is 12.5 Å². The molecule has 0 fully saturated rings. The summed E-state index contributed by atoms with van der Waals surface area (Å²) >= 11 is 0. The smallest absolute Gasteiger partial charge is 0.311 e. The number of carbonyl (C=O) groups excluding carboxylic acids is 2. The second-order valence-corrected chi connectivity index (χ2v) is 3.77. The van der Waals surface area contributed by atoms with E-state index in [0.29, 0.717) is 19.3 Å². The van der Waals surface area contributed by atoms with Crippen molar-refractivity contribution in [1.82, 2.24) is 0 Å². The summed E-state index contributed by atoms with van der Waals surface area (Å²) in [6.07, 6.45) is 1.56. The van der Waals surface area contributed by atoms with Crippen LogP contribution in [0, 0.1) is 5.41 Å². The van der Waals surface area contributed by atoms with Gasteiger partial charge in [0.1, 0.15) is 5.78 Å². The number of carbonyl (C=O) groups is 2. The molecular formula is C10H18O3. The maximum absolute atomic E-state index is 11.2. The van der Waals surface area contributed by atoms with Crippen LogP contribution in [0.1, 0.15) is 40.0 Å². The fraction of sp³-hybridized carbons (Fsp3) is 0.800. The van der Waals surface area contributed by atoms with Gasteiger partial charge in [0.25, 0.3) is 0 Å². The van der Waals surface area contributed by atoms with Crippen molar-refractivity contribution < 1.29 is 14.3 Å². The predicted octanol–water partition coefficient (Wildman–Crippen LogP) is 1.94. The Hall–Kier alpha value is -0.860. The summed E-state index contributed by atoms with van der Waals surface area (Å²) in [7, 11) is 1.37. The number of ether oxygens (including phenoxy) is 1. The molecule has 0 saturated carbocycles. The highest BCUT2D eigenvalue weighted by Gasteiger charge is 2.28. The lowest BCUT2D eigenvalue weighted by Gasteiger charge is -2.20. The van der Waals surface area contributed by atoms with Crippen LogP contribution in [0.5, 0.6) is 0 Å². The molecule has 0 aliphatic carbocycles. The quantitative estimate of drug-likeness (QED) is 0.616. The Morgan fingerprint density at radius 3 is 2.23 bits per heavy atom. The lowest BCUT2D eigenvalue weighted by Crippen LogP contribution is -2.26. The topological polar surface area (TPSA) is 43.4 Å². The van der Waals surface area contributed by atoms with Gasteiger partial charge in [-0.05, 0) is 20.3 Å². The number of methoxy groups -OCH3 is 1. The fourth-order valence-corrected chi connectivity index (χ4v) is 1.01. The van der Waals surface area contributed by atoms with Gasteiger partial charge in [0, 0.05) is 12.8 Å². The van der Waals surface area contributed by atoms with Crippen LogP contribution in [-0.2, 0) is 14.3 Å². The minimum atomic E-state index is -0.542. The first-order valence-corrected chi connectivity index (χ1v) is 4.54. The first kappa shape index (κ1) is 12.1. The largest absolute Gasteiger partial charge is 0.469 e. The van der Waals surface area contributed by atoms with E-state index in [9.17, 15) is 9.59 Å². The summed E-state index contributed by atoms with van der Waals surface area (Å²) in [5.74, 6) is -0.0617. The zero-order chi connectivity index (χ0) is 10.5. The van der Waals surface area contributed by atoms with Crippen molar-refractivity contribution in [2.24, 2.45) is 5.41 Å². The van der Waals surface area contributed by atoms with Gasteiger partial charge in [0.15, 0.2) is 0 Å². The van der Waals surface area contributed by atoms with E-state index >= 15 is 0 Å². The number of Topliss-reactive ketones (excluding diaryl/α,β-unsaturated/α-hetero) is 1. The van der Waals surface area contributed by atoms with Gasteiger partial charge in [-0.3, -0.25) is 9.59 Å². The van der Waals surface area contributed by atoms with Crippen molar-refractivity contribution >= 4 is 11.8 Å². The summed E-state index contributed by atoms with van der Waals surface area (Å²) in [4.78, 5) is 22.2. The second kappa shape index (κ2) is 5.00. The zero-order valence-corrected chi connectivity index (χ0v) is 8.85. The number of hydrogen-bond acceptors (Lipinski definition) is 3. The summed E-state index contributed by atoms with van der Waals surface area (Å²) in [5, 5.41) is 0. The molecule has 0 aromatic carbocycles. The van der Waals surface area contributed by atoms with Gasteiger partial charge < -0.3 is 4.74 Å². The first-order chi connectivity index (χ1) is 5.94. The Balaban J connectivity index is 4.03. The van der Waals surface area contributed by atoms with E-state index in [2.05, 4.69) is 4.74 Å². The third-order valence-electron chi connectivity index (χ3n) is 2.16. The molecule has 13 heavy (non-hydrogen) atoms. The number of rotatable bonds is 5. The molecule has 0 radical (unpaired) electrons. The second-order valence-electron chi connectivity index (χ2n) is 3.77. The van der Waals surface area contributed by atoms with Gasteiger partial charge in [-0.15, -0.1) is 0 Å².